The Morgan fingerprint density at radius 3 is 2.85 bits per heavy atom. The molecule has 8 heteroatoms. The molecule has 0 unspecified atom stereocenters. The van der Waals surface area contributed by atoms with E-state index >= 15 is 0 Å². The number of carbonyl (C=O) groups is 2. The highest BCUT2D eigenvalue weighted by molar-refractivity contribution is 7.10. The standard InChI is InChI=1S/C18H18N2O5S/c1-12-5-2-6-13(17(12)20(23)24)18(22)25-11-16(21)19-9-3-7-14(19)15-8-4-10-26-15/h2,4-6,8,10,14H,3,7,9,11H2,1H3/t14-/m0/s1. The van der Waals surface area contributed by atoms with Crippen molar-refractivity contribution in [2.24, 2.45) is 0 Å². The smallest absolute Gasteiger partial charge is 0.345 e. The van der Waals surface area contributed by atoms with Gasteiger partial charge < -0.3 is 9.64 Å². The third kappa shape index (κ3) is 3.60. The predicted molar refractivity (Wildman–Crippen MR) is 96.1 cm³/mol. The molecule has 2 aromatic rings. The van der Waals surface area contributed by atoms with Crippen LogP contribution in [0.25, 0.3) is 0 Å². The number of likely N-dealkylation sites (tertiary alicyclic amines) is 1. The van der Waals surface area contributed by atoms with Gasteiger partial charge in [0.2, 0.25) is 0 Å². The predicted octanol–water partition coefficient (Wildman–Crippen LogP) is 3.49. The van der Waals surface area contributed by atoms with Crippen LogP contribution in [0.3, 0.4) is 0 Å². The molecule has 0 N–H and O–H groups in total. The van der Waals surface area contributed by atoms with Gasteiger partial charge in [0, 0.05) is 17.0 Å². The topological polar surface area (TPSA) is 89.8 Å². The fraction of sp³-hybridized carbons (Fsp3) is 0.333. The van der Waals surface area contributed by atoms with Gasteiger partial charge in [0.1, 0.15) is 5.56 Å². The lowest BCUT2D eigenvalue weighted by molar-refractivity contribution is -0.385. The number of benzene rings is 1. The van der Waals surface area contributed by atoms with E-state index in [0.717, 1.165) is 17.7 Å². The number of aryl methyl sites for hydroxylation is 1. The van der Waals surface area contributed by atoms with Gasteiger partial charge in [-0.2, -0.15) is 0 Å². The van der Waals surface area contributed by atoms with E-state index in [1.165, 1.54) is 6.07 Å². The van der Waals surface area contributed by atoms with Crippen LogP contribution < -0.4 is 0 Å². The Kier molecular flexibility index (Phi) is 5.32. The van der Waals surface area contributed by atoms with Gasteiger partial charge in [-0.1, -0.05) is 18.2 Å². The average molecular weight is 374 g/mol. The largest absolute Gasteiger partial charge is 0.452 e. The minimum atomic E-state index is -0.861. The van der Waals surface area contributed by atoms with Crippen LogP contribution in [-0.4, -0.2) is 34.9 Å². The molecular weight excluding hydrogens is 356 g/mol. The number of carbonyl (C=O) groups excluding carboxylic acids is 2. The summed E-state index contributed by atoms with van der Waals surface area (Å²) < 4.78 is 5.08. The zero-order valence-corrected chi connectivity index (χ0v) is 15.0. The molecule has 0 saturated carbocycles. The van der Waals surface area contributed by atoms with Gasteiger partial charge in [0.05, 0.1) is 11.0 Å². The van der Waals surface area contributed by atoms with E-state index in [4.69, 9.17) is 4.74 Å². The summed E-state index contributed by atoms with van der Waals surface area (Å²) in [7, 11) is 0. The number of hydrogen-bond donors (Lipinski definition) is 0. The minimum absolute atomic E-state index is 0.00880. The lowest BCUT2D eigenvalue weighted by Crippen LogP contribution is -2.34. The van der Waals surface area contributed by atoms with Crippen LogP contribution >= 0.6 is 11.3 Å². The van der Waals surface area contributed by atoms with Crippen molar-refractivity contribution in [1.82, 2.24) is 4.90 Å². The van der Waals surface area contributed by atoms with E-state index in [0.29, 0.717) is 12.1 Å². The normalized spacial score (nSPS) is 16.5. The second-order valence-electron chi connectivity index (χ2n) is 6.06. The van der Waals surface area contributed by atoms with Gasteiger partial charge in [0.15, 0.2) is 6.61 Å². The number of nitro groups is 1. The lowest BCUT2D eigenvalue weighted by atomic mass is 10.1. The Labute approximate surface area is 154 Å². The van der Waals surface area contributed by atoms with Crippen LogP contribution in [0.1, 0.15) is 39.7 Å². The molecule has 1 aromatic carbocycles. The number of para-hydroxylation sites is 1. The molecule has 1 atom stereocenters. The highest BCUT2D eigenvalue weighted by atomic mass is 32.1. The van der Waals surface area contributed by atoms with Crippen molar-refractivity contribution >= 4 is 28.9 Å². The summed E-state index contributed by atoms with van der Waals surface area (Å²) >= 11 is 1.59. The summed E-state index contributed by atoms with van der Waals surface area (Å²) in [5.74, 6) is -1.15. The van der Waals surface area contributed by atoms with E-state index in [1.54, 1.807) is 35.3 Å². The van der Waals surface area contributed by atoms with Crippen molar-refractivity contribution in [3.05, 3.63) is 61.8 Å². The summed E-state index contributed by atoms with van der Waals surface area (Å²) in [6.45, 7) is 1.74. The Hall–Kier alpha value is -2.74. The van der Waals surface area contributed by atoms with E-state index < -0.39 is 17.5 Å². The van der Waals surface area contributed by atoms with Gasteiger partial charge >= 0.3 is 5.97 Å². The van der Waals surface area contributed by atoms with Crippen LogP contribution in [0.15, 0.2) is 35.7 Å². The Bertz CT molecular complexity index is 834. The maximum atomic E-state index is 12.5. The summed E-state index contributed by atoms with van der Waals surface area (Å²) in [5.41, 5.74) is -0.0605. The first-order chi connectivity index (χ1) is 12.5. The summed E-state index contributed by atoms with van der Waals surface area (Å²) in [4.78, 5) is 38.2. The van der Waals surface area contributed by atoms with Crippen molar-refractivity contribution in [2.75, 3.05) is 13.2 Å². The first-order valence-electron chi connectivity index (χ1n) is 8.23. The molecule has 2 heterocycles. The van der Waals surface area contributed by atoms with Crippen molar-refractivity contribution in [2.45, 2.75) is 25.8 Å². The third-order valence-electron chi connectivity index (χ3n) is 4.41. The fourth-order valence-electron chi connectivity index (χ4n) is 3.20. The lowest BCUT2D eigenvalue weighted by Gasteiger charge is -2.23. The van der Waals surface area contributed by atoms with Crippen LogP contribution in [0.2, 0.25) is 0 Å². The molecule has 0 radical (unpaired) electrons. The molecule has 136 valence electrons. The molecule has 3 rings (SSSR count). The molecular formula is C18H18N2O5S. The molecule has 1 aromatic heterocycles. The molecule has 0 spiro atoms. The third-order valence-corrected chi connectivity index (χ3v) is 5.39. The van der Waals surface area contributed by atoms with Gasteiger partial charge in [-0.05, 0) is 37.3 Å². The number of ether oxygens (including phenoxy) is 1. The summed E-state index contributed by atoms with van der Waals surface area (Å²) in [6.07, 6.45) is 1.77. The second-order valence-corrected chi connectivity index (χ2v) is 7.04. The second kappa shape index (κ2) is 7.65. The van der Waals surface area contributed by atoms with E-state index in [-0.39, 0.29) is 23.2 Å². The number of nitro benzene ring substituents is 1. The van der Waals surface area contributed by atoms with Crippen LogP contribution in [0, 0.1) is 17.0 Å². The number of hydrogen-bond acceptors (Lipinski definition) is 6. The molecule has 1 aliphatic rings. The van der Waals surface area contributed by atoms with Crippen LogP contribution in [0.5, 0.6) is 0 Å². The van der Waals surface area contributed by atoms with E-state index in [1.807, 2.05) is 17.5 Å². The quantitative estimate of drug-likeness (QED) is 0.454. The van der Waals surface area contributed by atoms with Crippen molar-refractivity contribution in [3.8, 4) is 0 Å². The highest BCUT2D eigenvalue weighted by Gasteiger charge is 2.31. The Balaban J connectivity index is 1.67. The maximum absolute atomic E-state index is 12.5. The van der Waals surface area contributed by atoms with Gasteiger partial charge in [0.25, 0.3) is 11.6 Å². The zero-order valence-electron chi connectivity index (χ0n) is 14.2. The molecule has 0 bridgehead atoms. The minimum Gasteiger partial charge on any atom is -0.452 e. The van der Waals surface area contributed by atoms with Gasteiger partial charge in [-0.3, -0.25) is 14.9 Å². The number of esters is 1. The van der Waals surface area contributed by atoms with E-state index in [9.17, 15) is 19.7 Å². The fourth-order valence-corrected chi connectivity index (χ4v) is 4.07. The number of rotatable bonds is 5. The highest BCUT2D eigenvalue weighted by Crippen LogP contribution is 2.34. The number of thiophene rings is 1. The van der Waals surface area contributed by atoms with Gasteiger partial charge in [-0.15, -0.1) is 11.3 Å². The number of nitrogens with zero attached hydrogens (tertiary/aromatic N) is 2. The van der Waals surface area contributed by atoms with Crippen molar-refractivity contribution < 1.29 is 19.2 Å². The van der Waals surface area contributed by atoms with E-state index in [2.05, 4.69) is 0 Å². The SMILES string of the molecule is Cc1cccc(C(=O)OCC(=O)N2CCC[C@H]2c2cccs2)c1[N+](=O)[O-]. The molecule has 0 aliphatic carbocycles. The molecule has 1 amide bonds. The Morgan fingerprint density at radius 1 is 1.35 bits per heavy atom. The first kappa shape index (κ1) is 18.1. The monoisotopic (exact) mass is 374 g/mol. The van der Waals surface area contributed by atoms with Crippen molar-refractivity contribution in [1.29, 1.82) is 0 Å². The molecule has 7 nitrogen and oxygen atoms in total. The first-order valence-corrected chi connectivity index (χ1v) is 9.11. The molecule has 26 heavy (non-hydrogen) atoms. The van der Waals surface area contributed by atoms with Crippen molar-refractivity contribution in [3.63, 3.8) is 0 Å². The summed E-state index contributed by atoms with van der Waals surface area (Å²) in [6, 6.07) is 8.38. The summed E-state index contributed by atoms with van der Waals surface area (Å²) in [5, 5.41) is 13.2. The average Bonchev–Trinajstić information content (AvgIpc) is 3.29. The van der Waals surface area contributed by atoms with Crippen LogP contribution in [0.4, 0.5) is 5.69 Å². The maximum Gasteiger partial charge on any atom is 0.345 e. The molecule has 1 saturated heterocycles. The zero-order chi connectivity index (χ0) is 18.7. The van der Waals surface area contributed by atoms with Crippen LogP contribution in [-0.2, 0) is 9.53 Å². The number of amides is 1. The molecule has 1 aliphatic heterocycles. The van der Waals surface area contributed by atoms with Gasteiger partial charge in [-0.25, -0.2) is 4.79 Å². The molecule has 1 fully saturated rings. The Morgan fingerprint density at radius 2 is 2.15 bits per heavy atom.